The fourth-order valence-electron chi connectivity index (χ4n) is 2.81. The van der Waals surface area contributed by atoms with Gasteiger partial charge in [-0.2, -0.15) is 4.31 Å². The first kappa shape index (κ1) is 16.8. The molecule has 0 aliphatic carbocycles. The van der Waals surface area contributed by atoms with Crippen molar-refractivity contribution in [2.45, 2.75) is 24.7 Å². The van der Waals surface area contributed by atoms with E-state index in [1.165, 1.54) is 0 Å². The molecule has 2 aromatic carbocycles. The number of sulfonamides is 1. The second-order valence-corrected chi connectivity index (χ2v) is 8.06. The van der Waals surface area contributed by atoms with Crippen LogP contribution >= 0.6 is 0 Å². The van der Waals surface area contributed by atoms with Gasteiger partial charge in [-0.25, -0.2) is 8.42 Å². The summed E-state index contributed by atoms with van der Waals surface area (Å²) in [6, 6.07) is 16.9. The smallest absolute Gasteiger partial charge is 0.207 e. The zero-order chi connectivity index (χ0) is 17.0. The zero-order valence-corrected chi connectivity index (χ0v) is 14.6. The molecular formula is C20H21NO2S. The molecule has 0 N–H and O–H groups in total. The summed E-state index contributed by atoms with van der Waals surface area (Å²) in [4.78, 5) is 0.377. The number of hydrogen-bond donors (Lipinski definition) is 0. The lowest BCUT2D eigenvalue weighted by Crippen LogP contribution is -2.38. The van der Waals surface area contributed by atoms with Gasteiger partial charge in [0.05, 0.1) is 4.90 Å². The summed E-state index contributed by atoms with van der Waals surface area (Å²) in [5.74, 6) is 6.73. The maximum Gasteiger partial charge on any atom is 0.243 e. The fraction of sp³-hybridized carbons (Fsp3) is 0.300. The molecule has 0 saturated carbocycles. The molecule has 1 aliphatic rings. The number of rotatable bonds is 2. The van der Waals surface area contributed by atoms with Crippen LogP contribution in [0.5, 0.6) is 0 Å². The molecule has 0 atom stereocenters. The van der Waals surface area contributed by atoms with E-state index in [-0.39, 0.29) is 5.92 Å². The SMILES string of the molecule is Cc1ccc(S(=O)(=O)N2CCC(C#Cc3ccccc3)CC2)cc1. The van der Waals surface area contributed by atoms with E-state index in [0.717, 1.165) is 24.0 Å². The van der Waals surface area contributed by atoms with Crippen LogP contribution in [0, 0.1) is 24.7 Å². The Kier molecular flexibility index (Phi) is 5.03. The molecule has 1 fully saturated rings. The molecular weight excluding hydrogens is 318 g/mol. The van der Waals surface area contributed by atoms with Gasteiger partial charge < -0.3 is 0 Å². The first-order valence-corrected chi connectivity index (χ1v) is 9.63. The van der Waals surface area contributed by atoms with E-state index < -0.39 is 10.0 Å². The molecule has 1 heterocycles. The standard InChI is InChI=1S/C20H21NO2S/c1-17-7-11-20(12-8-17)24(22,23)21-15-13-19(14-16-21)10-9-18-5-3-2-4-6-18/h2-8,11-12,19H,13-16H2,1H3. The normalized spacial score (nSPS) is 16.4. The van der Waals surface area contributed by atoms with Crippen molar-refractivity contribution in [3.63, 3.8) is 0 Å². The summed E-state index contributed by atoms with van der Waals surface area (Å²) < 4.78 is 26.9. The molecule has 0 bridgehead atoms. The van der Waals surface area contributed by atoms with Crippen molar-refractivity contribution in [2.75, 3.05) is 13.1 Å². The molecule has 0 amide bonds. The van der Waals surface area contributed by atoms with Crippen LogP contribution in [0.1, 0.15) is 24.0 Å². The largest absolute Gasteiger partial charge is 0.243 e. The van der Waals surface area contributed by atoms with Crippen molar-refractivity contribution in [3.05, 3.63) is 65.7 Å². The van der Waals surface area contributed by atoms with Gasteiger partial charge in [0.1, 0.15) is 0 Å². The van der Waals surface area contributed by atoms with Gasteiger partial charge in [0.25, 0.3) is 0 Å². The average molecular weight is 339 g/mol. The average Bonchev–Trinajstić information content (AvgIpc) is 2.61. The van der Waals surface area contributed by atoms with Crippen LogP contribution in [-0.2, 0) is 10.0 Å². The number of nitrogens with zero attached hydrogens (tertiary/aromatic N) is 1. The van der Waals surface area contributed by atoms with Crippen LogP contribution in [-0.4, -0.2) is 25.8 Å². The van der Waals surface area contributed by atoms with Gasteiger partial charge in [-0.15, -0.1) is 0 Å². The van der Waals surface area contributed by atoms with Crippen molar-refractivity contribution in [1.82, 2.24) is 4.31 Å². The Balaban J connectivity index is 1.65. The maximum atomic E-state index is 12.7. The number of piperidine rings is 1. The monoisotopic (exact) mass is 339 g/mol. The molecule has 3 rings (SSSR count). The Morgan fingerprint density at radius 1 is 0.958 bits per heavy atom. The van der Waals surface area contributed by atoms with Crippen LogP contribution in [0.25, 0.3) is 0 Å². The van der Waals surface area contributed by atoms with Gasteiger partial charge in [0, 0.05) is 24.6 Å². The van der Waals surface area contributed by atoms with Crippen LogP contribution in [0.15, 0.2) is 59.5 Å². The molecule has 0 spiro atoms. The Morgan fingerprint density at radius 2 is 1.58 bits per heavy atom. The van der Waals surface area contributed by atoms with Crippen LogP contribution < -0.4 is 0 Å². The van der Waals surface area contributed by atoms with Crippen LogP contribution in [0.4, 0.5) is 0 Å². The van der Waals surface area contributed by atoms with Crippen molar-refractivity contribution in [3.8, 4) is 11.8 Å². The summed E-state index contributed by atoms with van der Waals surface area (Å²) in [5, 5.41) is 0. The summed E-state index contributed by atoms with van der Waals surface area (Å²) in [5.41, 5.74) is 2.07. The summed E-state index contributed by atoms with van der Waals surface area (Å²) in [6.07, 6.45) is 1.57. The third-order valence-corrected chi connectivity index (χ3v) is 6.22. The lowest BCUT2D eigenvalue weighted by molar-refractivity contribution is 0.311. The highest BCUT2D eigenvalue weighted by atomic mass is 32.2. The van der Waals surface area contributed by atoms with Crippen molar-refractivity contribution >= 4 is 10.0 Å². The number of aryl methyl sites for hydroxylation is 1. The lowest BCUT2D eigenvalue weighted by atomic mass is 9.98. The van der Waals surface area contributed by atoms with E-state index in [9.17, 15) is 8.42 Å². The van der Waals surface area contributed by atoms with E-state index in [0.29, 0.717) is 18.0 Å². The third kappa shape index (κ3) is 3.87. The van der Waals surface area contributed by atoms with Gasteiger partial charge in [0.2, 0.25) is 10.0 Å². The molecule has 3 nitrogen and oxygen atoms in total. The highest BCUT2D eigenvalue weighted by Crippen LogP contribution is 2.23. The fourth-order valence-corrected chi connectivity index (χ4v) is 4.28. The van der Waals surface area contributed by atoms with Gasteiger partial charge in [-0.05, 0) is 44.0 Å². The first-order chi connectivity index (χ1) is 11.6. The van der Waals surface area contributed by atoms with Gasteiger partial charge >= 0.3 is 0 Å². The number of hydrogen-bond acceptors (Lipinski definition) is 2. The highest BCUT2D eigenvalue weighted by molar-refractivity contribution is 7.89. The molecule has 1 saturated heterocycles. The van der Waals surface area contributed by atoms with Crippen molar-refractivity contribution in [1.29, 1.82) is 0 Å². The van der Waals surface area contributed by atoms with Crippen molar-refractivity contribution in [2.24, 2.45) is 5.92 Å². The molecule has 0 radical (unpaired) electrons. The lowest BCUT2D eigenvalue weighted by Gasteiger charge is -2.29. The predicted molar refractivity (Wildman–Crippen MR) is 96.0 cm³/mol. The molecule has 4 heteroatoms. The number of benzene rings is 2. The minimum atomic E-state index is -3.38. The Bertz CT molecular complexity index is 838. The van der Waals surface area contributed by atoms with Gasteiger partial charge in [-0.1, -0.05) is 47.7 Å². The molecule has 2 aromatic rings. The summed E-state index contributed by atoms with van der Waals surface area (Å²) in [7, 11) is -3.38. The minimum Gasteiger partial charge on any atom is -0.207 e. The Morgan fingerprint density at radius 3 is 2.21 bits per heavy atom. The van der Waals surface area contributed by atoms with E-state index in [1.807, 2.05) is 49.4 Å². The van der Waals surface area contributed by atoms with Crippen LogP contribution in [0.2, 0.25) is 0 Å². The van der Waals surface area contributed by atoms with E-state index >= 15 is 0 Å². The molecule has 0 unspecified atom stereocenters. The van der Waals surface area contributed by atoms with E-state index in [2.05, 4.69) is 11.8 Å². The van der Waals surface area contributed by atoms with Crippen molar-refractivity contribution < 1.29 is 8.42 Å². The van der Waals surface area contributed by atoms with Gasteiger partial charge in [0.15, 0.2) is 0 Å². The topological polar surface area (TPSA) is 37.4 Å². The zero-order valence-electron chi connectivity index (χ0n) is 13.8. The highest BCUT2D eigenvalue weighted by Gasteiger charge is 2.28. The predicted octanol–water partition coefficient (Wildman–Crippen LogP) is 3.45. The Labute approximate surface area is 144 Å². The first-order valence-electron chi connectivity index (χ1n) is 8.19. The summed E-state index contributed by atoms with van der Waals surface area (Å²) >= 11 is 0. The summed E-state index contributed by atoms with van der Waals surface area (Å²) in [6.45, 7) is 3.02. The quantitative estimate of drug-likeness (QED) is 0.786. The molecule has 124 valence electrons. The molecule has 24 heavy (non-hydrogen) atoms. The van der Waals surface area contributed by atoms with Crippen LogP contribution in [0.3, 0.4) is 0 Å². The maximum absolute atomic E-state index is 12.7. The Hall–Kier alpha value is -2.09. The third-order valence-electron chi connectivity index (χ3n) is 4.31. The molecule has 0 aromatic heterocycles. The van der Waals surface area contributed by atoms with E-state index in [4.69, 9.17) is 0 Å². The second kappa shape index (κ2) is 7.21. The van der Waals surface area contributed by atoms with Gasteiger partial charge in [-0.3, -0.25) is 0 Å². The molecule has 1 aliphatic heterocycles. The minimum absolute atomic E-state index is 0.259. The second-order valence-electron chi connectivity index (χ2n) is 6.13. The van der Waals surface area contributed by atoms with E-state index in [1.54, 1.807) is 16.4 Å².